The summed E-state index contributed by atoms with van der Waals surface area (Å²) in [5.41, 5.74) is -8.34. The van der Waals surface area contributed by atoms with Gasteiger partial charge in [0.05, 0.1) is 62.2 Å². The molecular weight excluding hydrogens is 1300 g/mol. The molecule has 0 bridgehead atoms. The molecule has 5 aliphatic carbocycles. The van der Waals surface area contributed by atoms with Crippen LogP contribution in [-0.4, -0.2) is 320 Å². The van der Waals surface area contributed by atoms with Crippen LogP contribution < -0.4 is 0 Å². The molecule has 0 aromatic rings. The maximum Gasteiger partial charge on any atom is 0.317 e. The minimum Gasteiger partial charge on any atom is -0.432 e. The topological polar surface area (TPSA) is 529 Å². The number of carbonyl (C=O) groups is 2. The van der Waals surface area contributed by atoms with Gasteiger partial charge in [-0.05, 0) is 113 Å². The molecule has 33 heteroatoms. The fourth-order valence-electron chi connectivity index (χ4n) is 19.0. The maximum atomic E-state index is 15.8. The molecule has 0 aromatic carbocycles. The van der Waals surface area contributed by atoms with Crippen LogP contribution in [0.25, 0.3) is 0 Å². The van der Waals surface area contributed by atoms with E-state index in [4.69, 9.17) is 56.8 Å². The first-order valence-electron chi connectivity index (χ1n) is 33.8. The zero-order chi connectivity index (χ0) is 70.9. The molecule has 6 aliphatic heterocycles. The Kier molecular flexibility index (Phi) is 21.7. The summed E-state index contributed by atoms with van der Waals surface area (Å²) in [6.45, 7) is 8.82. The molecule has 19 N–H and O–H groups in total. The first kappa shape index (κ1) is 75.7. The Labute approximate surface area is 559 Å². The minimum atomic E-state index is -2.22. The predicted octanol–water partition coefficient (Wildman–Crippen LogP) is -6.26. The van der Waals surface area contributed by atoms with Crippen LogP contribution in [0.15, 0.2) is 11.6 Å². The van der Waals surface area contributed by atoms with Gasteiger partial charge < -0.3 is 154 Å². The highest BCUT2D eigenvalue weighted by atomic mass is 16.8. The van der Waals surface area contributed by atoms with Crippen molar-refractivity contribution in [3.05, 3.63) is 11.6 Å². The monoisotopic (exact) mass is 1400 g/mol. The second-order valence-corrected chi connectivity index (χ2v) is 30.9. The molecule has 11 rings (SSSR count). The van der Waals surface area contributed by atoms with E-state index in [1.165, 1.54) is 20.8 Å². The molecule has 6 heterocycles. The van der Waals surface area contributed by atoms with Gasteiger partial charge >= 0.3 is 11.9 Å². The van der Waals surface area contributed by atoms with Gasteiger partial charge in [-0.3, -0.25) is 9.59 Å². The van der Waals surface area contributed by atoms with Crippen molar-refractivity contribution in [1.82, 2.24) is 0 Å². The lowest BCUT2D eigenvalue weighted by molar-refractivity contribution is -0.384. The summed E-state index contributed by atoms with van der Waals surface area (Å²) in [4.78, 5) is 31.2. The van der Waals surface area contributed by atoms with Crippen LogP contribution in [0.2, 0.25) is 0 Å². The average Bonchev–Trinajstić information content (AvgIpc) is 0.918. The number of hydrogen-bond donors (Lipinski definition) is 19. The molecule has 3 unspecified atom stereocenters. The Hall–Kier alpha value is -2.48. The molecule has 6 saturated heterocycles. The van der Waals surface area contributed by atoms with E-state index in [1.54, 1.807) is 0 Å². The van der Waals surface area contributed by atoms with Crippen LogP contribution >= 0.6 is 0 Å². The SMILES string of the molecule is C[C@@H]1O[C@@H](O[C@H]2[C@H](OC(=O)[C@]34CCC(C)(C)CC3C3=CCC5[C@@]6(C)C[C@H](O)[C@H](O[C@@H]7O[C@H](CO)[C@@H](O)[C@H](O)[C@H]7O)[C@@](C)(C(=O)O[C@@H]7O[C@@H](CO)[C@H](O)[C@@H](O)[C@H]7O)C6CC[C@@]5(C)[C@]3(CO)CC4)O[C@H](C)[C@H](O)[C@@H]2O)[C@H](O)[C@H](O[C@H]2C[C@@](O)(CO)[C@H](O)O2)[C@H]1O[C@@H]1OC[C@@H](O)[C@H](O)[C@H]1O. The number of fused-ring (bicyclic) bond motifs is 7. The van der Waals surface area contributed by atoms with Gasteiger partial charge in [0.2, 0.25) is 12.6 Å². The van der Waals surface area contributed by atoms with Crippen molar-refractivity contribution in [2.45, 2.75) is 290 Å². The number of ether oxygens (including phenoxy) is 12. The summed E-state index contributed by atoms with van der Waals surface area (Å²) in [6.07, 6.45) is -45.1. The fourth-order valence-corrected chi connectivity index (χ4v) is 19.0. The predicted molar refractivity (Wildman–Crippen MR) is 317 cm³/mol. The molecule has 0 radical (unpaired) electrons. The standard InChI is InChI=1S/C64H102O33/c1-24-35(71)41(77)48(94-53-45(81)47(91-34-18-64(85,23-68)57(84)92-34)46(25(2)88-53)93-50-42(78)36(72)29(70)21-86-50)54(87-24)97-56(83)62-13-12-58(3,4)16-27(62)26-8-9-32-59(5)17-28(69)49(95-51-43(79)39(75)37(73)30(19-65)89-51)61(7,33(59)10-11-60(32,6)63(26,22-67)15-14-62)55(82)96-52-44(80)40(76)38(74)31(20-66)90-52/h8,24-25,27-54,57,65-81,84-85H,9-23H2,1-7H3/t24-,25+,27?,28+,29-,30-,31+,32?,33?,34-,35+,36+,37-,38+,39+,40-,41+,42-,43-,44-,45-,46+,47+,48-,49+,50+,51+,52+,53+,54+,57-,59-,60-,61+,62+,63+,64-/m1/s1. The smallest absolute Gasteiger partial charge is 0.317 e. The zero-order valence-corrected chi connectivity index (χ0v) is 55.3. The second-order valence-electron chi connectivity index (χ2n) is 30.9. The van der Waals surface area contributed by atoms with E-state index in [9.17, 15) is 97.0 Å². The van der Waals surface area contributed by atoms with Crippen LogP contribution in [-0.2, 0) is 66.4 Å². The van der Waals surface area contributed by atoms with Crippen molar-refractivity contribution < 1.29 is 163 Å². The number of hydrogen-bond acceptors (Lipinski definition) is 33. The molecule has 33 nitrogen and oxygen atoms in total. The third kappa shape index (κ3) is 12.6. The van der Waals surface area contributed by atoms with Gasteiger partial charge in [0.25, 0.3) is 0 Å². The third-order valence-electron chi connectivity index (χ3n) is 24.8. The molecule has 0 aromatic heterocycles. The first-order valence-corrected chi connectivity index (χ1v) is 33.8. The summed E-state index contributed by atoms with van der Waals surface area (Å²) < 4.78 is 72.0. The van der Waals surface area contributed by atoms with E-state index in [1.807, 2.05) is 13.0 Å². The molecule has 11 aliphatic rings. The zero-order valence-electron chi connectivity index (χ0n) is 55.3. The summed E-state index contributed by atoms with van der Waals surface area (Å²) >= 11 is 0. The molecule has 37 atom stereocenters. The highest BCUT2D eigenvalue weighted by Crippen LogP contribution is 2.76. The third-order valence-corrected chi connectivity index (χ3v) is 24.8. The molecule has 4 saturated carbocycles. The van der Waals surface area contributed by atoms with Crippen molar-refractivity contribution >= 4 is 11.9 Å². The van der Waals surface area contributed by atoms with E-state index >= 15 is 9.59 Å². The van der Waals surface area contributed by atoms with Gasteiger partial charge in [-0.25, -0.2) is 0 Å². The highest BCUT2D eigenvalue weighted by Gasteiger charge is 2.74. The van der Waals surface area contributed by atoms with Crippen LogP contribution in [0, 0.1) is 50.2 Å². The van der Waals surface area contributed by atoms with Crippen molar-refractivity contribution in [3.63, 3.8) is 0 Å². The first-order chi connectivity index (χ1) is 45.5. The molecule has 0 spiro atoms. The molecule has 10 fully saturated rings. The normalized spacial score (nSPS) is 54.5. The number of aliphatic hydroxyl groups excluding tert-OH is 18. The Bertz CT molecular complexity index is 2800. The summed E-state index contributed by atoms with van der Waals surface area (Å²) in [5.74, 6) is -3.91. The fraction of sp³-hybridized carbons (Fsp3) is 0.938. The van der Waals surface area contributed by atoms with Crippen LogP contribution in [0.5, 0.6) is 0 Å². The van der Waals surface area contributed by atoms with Gasteiger partial charge in [-0.1, -0.05) is 39.3 Å². The van der Waals surface area contributed by atoms with Gasteiger partial charge in [0.15, 0.2) is 37.6 Å². The van der Waals surface area contributed by atoms with Gasteiger partial charge in [0, 0.05) is 11.8 Å². The number of esters is 2. The van der Waals surface area contributed by atoms with Crippen LogP contribution in [0.3, 0.4) is 0 Å². The van der Waals surface area contributed by atoms with Gasteiger partial charge in [-0.2, -0.15) is 0 Å². The average molecular weight is 1400 g/mol. The molecule has 0 amide bonds. The van der Waals surface area contributed by atoms with E-state index in [0.29, 0.717) is 12.8 Å². The Morgan fingerprint density at radius 1 is 0.515 bits per heavy atom. The minimum absolute atomic E-state index is 0.0990. The Balaban J connectivity index is 0.892. The maximum absolute atomic E-state index is 15.8. The molecule has 556 valence electrons. The number of aliphatic hydroxyl groups is 19. The van der Waals surface area contributed by atoms with E-state index in [2.05, 4.69) is 20.8 Å². The van der Waals surface area contributed by atoms with Gasteiger partial charge in [0.1, 0.15) is 109 Å². The van der Waals surface area contributed by atoms with E-state index in [0.717, 1.165) is 5.57 Å². The van der Waals surface area contributed by atoms with Crippen molar-refractivity contribution in [2.75, 3.05) is 33.0 Å². The highest BCUT2D eigenvalue weighted by molar-refractivity contribution is 5.80. The Morgan fingerprint density at radius 2 is 1.10 bits per heavy atom. The quantitative estimate of drug-likeness (QED) is 0.0388. The lowest BCUT2D eigenvalue weighted by Crippen LogP contribution is -2.71. The summed E-state index contributed by atoms with van der Waals surface area (Å²) in [7, 11) is 0. The van der Waals surface area contributed by atoms with Crippen molar-refractivity contribution in [2.24, 2.45) is 50.2 Å². The largest absolute Gasteiger partial charge is 0.432 e. The van der Waals surface area contributed by atoms with Crippen molar-refractivity contribution in [3.8, 4) is 0 Å². The molecule has 97 heavy (non-hydrogen) atoms. The summed E-state index contributed by atoms with van der Waals surface area (Å²) in [6, 6.07) is 0. The number of allylic oxidation sites excluding steroid dienone is 1. The van der Waals surface area contributed by atoms with Gasteiger partial charge in [-0.15, -0.1) is 0 Å². The van der Waals surface area contributed by atoms with Crippen LogP contribution in [0.1, 0.15) is 113 Å². The Morgan fingerprint density at radius 3 is 1.73 bits per heavy atom. The molecular formula is C64H102O33. The summed E-state index contributed by atoms with van der Waals surface area (Å²) in [5, 5.41) is 209. The number of carbonyl (C=O) groups excluding carboxylic acids is 2. The second kappa shape index (κ2) is 27.9. The van der Waals surface area contributed by atoms with Crippen LogP contribution in [0.4, 0.5) is 0 Å². The number of rotatable bonds is 16. The lowest BCUT2D eigenvalue weighted by atomic mass is 9.33. The van der Waals surface area contributed by atoms with E-state index < -0.39 is 279 Å². The van der Waals surface area contributed by atoms with E-state index in [-0.39, 0.29) is 44.9 Å². The lowest BCUT2D eigenvalue weighted by Gasteiger charge is -2.71. The van der Waals surface area contributed by atoms with Crippen molar-refractivity contribution in [1.29, 1.82) is 0 Å².